The third-order valence-electron chi connectivity index (χ3n) is 3.71. The Morgan fingerprint density at radius 3 is 1.65 bits per heavy atom. The Bertz CT molecular complexity index is 724. The summed E-state index contributed by atoms with van der Waals surface area (Å²) < 4.78 is 0. The average molecular weight is 448 g/mol. The molecule has 0 heterocycles. The molecule has 15 nitrogen and oxygen atoms in total. The normalized spacial score (nSPS) is 13.2. The van der Waals surface area contributed by atoms with E-state index in [2.05, 4.69) is 5.32 Å². The van der Waals surface area contributed by atoms with Gasteiger partial charge in [-0.25, -0.2) is 0 Å². The molecule has 31 heavy (non-hydrogen) atoms. The lowest BCUT2D eigenvalue weighted by Gasteiger charge is -2.23. The fraction of sp³-hybridized carbons (Fsp3) is 0.562. The van der Waals surface area contributed by atoms with Crippen LogP contribution in [0.3, 0.4) is 0 Å². The summed E-state index contributed by atoms with van der Waals surface area (Å²) in [7, 11) is 0. The van der Waals surface area contributed by atoms with Crippen molar-refractivity contribution in [3.05, 3.63) is 0 Å². The molecule has 15 heteroatoms. The number of nitrogens with two attached hydrogens (primary N) is 1. The average Bonchev–Trinajstić information content (AvgIpc) is 2.65. The standard InChI is InChI=1S/C16H24N4O11/c17-7(1-3-10(21)22)14(29)20-9(5-12(25)26)16(31)19-8(2-4-11(23)24)15(30)18-6-13(27)28/h7-9H,1-6,17H2,(H,18,30)(H,19,31)(H,20,29)(H,21,22)(H,23,24)(H,25,26)(H,27,28). The van der Waals surface area contributed by atoms with Crippen molar-refractivity contribution in [3.63, 3.8) is 0 Å². The summed E-state index contributed by atoms with van der Waals surface area (Å²) in [5, 5.41) is 41.0. The molecule has 0 aliphatic carbocycles. The van der Waals surface area contributed by atoms with Gasteiger partial charge in [0, 0.05) is 12.8 Å². The van der Waals surface area contributed by atoms with E-state index in [0.29, 0.717) is 0 Å². The van der Waals surface area contributed by atoms with E-state index in [9.17, 15) is 33.6 Å². The molecule has 0 aliphatic rings. The predicted octanol–water partition coefficient (Wildman–Crippen LogP) is -3.31. The van der Waals surface area contributed by atoms with Gasteiger partial charge in [0.05, 0.1) is 12.5 Å². The second kappa shape index (κ2) is 13.5. The van der Waals surface area contributed by atoms with Crippen molar-refractivity contribution in [1.82, 2.24) is 16.0 Å². The molecule has 0 rings (SSSR count). The minimum atomic E-state index is -1.72. The third kappa shape index (κ3) is 12.4. The maximum Gasteiger partial charge on any atom is 0.322 e. The van der Waals surface area contributed by atoms with E-state index >= 15 is 0 Å². The molecule has 0 aromatic carbocycles. The van der Waals surface area contributed by atoms with Crippen LogP contribution < -0.4 is 21.7 Å². The number of hydrogen-bond donors (Lipinski definition) is 8. The van der Waals surface area contributed by atoms with Crippen molar-refractivity contribution in [3.8, 4) is 0 Å². The van der Waals surface area contributed by atoms with Crippen LogP contribution in [0.2, 0.25) is 0 Å². The summed E-state index contributed by atoms with van der Waals surface area (Å²) in [6.07, 6.45) is -2.70. The molecular formula is C16H24N4O11. The summed E-state index contributed by atoms with van der Waals surface area (Å²) in [5.41, 5.74) is 5.50. The number of nitrogens with one attached hydrogen (secondary N) is 3. The van der Waals surface area contributed by atoms with Gasteiger partial charge in [0.15, 0.2) is 0 Å². The number of rotatable bonds is 15. The molecule has 0 aromatic rings. The minimum absolute atomic E-state index is 0.290. The Kier molecular flexibility index (Phi) is 11.8. The van der Waals surface area contributed by atoms with Crippen molar-refractivity contribution < 1.29 is 54.0 Å². The molecule has 174 valence electrons. The molecule has 0 saturated carbocycles. The Morgan fingerprint density at radius 1 is 0.645 bits per heavy atom. The van der Waals surface area contributed by atoms with Crippen LogP contribution in [0.1, 0.15) is 32.1 Å². The Morgan fingerprint density at radius 2 is 1.16 bits per heavy atom. The summed E-state index contributed by atoms with van der Waals surface area (Å²) in [5.74, 6) is -8.65. The van der Waals surface area contributed by atoms with Gasteiger partial charge in [0.1, 0.15) is 18.6 Å². The minimum Gasteiger partial charge on any atom is -0.481 e. The molecule has 0 radical (unpaired) electrons. The SMILES string of the molecule is NC(CCC(=O)O)C(=O)NC(CC(=O)O)C(=O)NC(CCC(=O)O)C(=O)NCC(=O)O. The number of carboxylic acid groups (broad SMARTS) is 4. The van der Waals surface area contributed by atoms with Crippen LogP contribution in [-0.2, 0) is 33.6 Å². The van der Waals surface area contributed by atoms with Crippen molar-refractivity contribution >= 4 is 41.6 Å². The van der Waals surface area contributed by atoms with E-state index < -0.39 is 92.0 Å². The molecule has 0 aromatic heterocycles. The monoisotopic (exact) mass is 448 g/mol. The Balaban J connectivity index is 5.29. The molecule has 0 spiro atoms. The number of amides is 3. The molecule has 0 fully saturated rings. The zero-order valence-electron chi connectivity index (χ0n) is 16.2. The predicted molar refractivity (Wildman–Crippen MR) is 98.5 cm³/mol. The van der Waals surface area contributed by atoms with E-state index in [1.807, 2.05) is 10.6 Å². The molecule has 9 N–H and O–H groups in total. The number of aliphatic carboxylic acids is 4. The number of carbonyl (C=O) groups excluding carboxylic acids is 3. The lowest BCUT2D eigenvalue weighted by molar-refractivity contribution is -0.142. The van der Waals surface area contributed by atoms with Gasteiger partial charge in [-0.15, -0.1) is 0 Å². The quantitative estimate of drug-likeness (QED) is 0.122. The van der Waals surface area contributed by atoms with Gasteiger partial charge < -0.3 is 42.1 Å². The summed E-state index contributed by atoms with van der Waals surface area (Å²) in [4.78, 5) is 79.4. The lowest BCUT2D eigenvalue weighted by atomic mass is 10.1. The highest BCUT2D eigenvalue weighted by molar-refractivity contribution is 5.95. The highest BCUT2D eigenvalue weighted by Crippen LogP contribution is 2.03. The summed E-state index contributed by atoms with van der Waals surface area (Å²) >= 11 is 0. The van der Waals surface area contributed by atoms with Crippen LogP contribution in [0.25, 0.3) is 0 Å². The molecule has 0 bridgehead atoms. The van der Waals surface area contributed by atoms with Gasteiger partial charge in [-0.1, -0.05) is 0 Å². The third-order valence-corrected chi connectivity index (χ3v) is 3.71. The van der Waals surface area contributed by atoms with Crippen LogP contribution in [0.5, 0.6) is 0 Å². The Labute approximate surface area is 175 Å². The lowest BCUT2D eigenvalue weighted by Crippen LogP contribution is -2.56. The smallest absolute Gasteiger partial charge is 0.322 e. The number of carboxylic acids is 4. The molecule has 3 amide bonds. The van der Waals surface area contributed by atoms with Crippen LogP contribution in [0, 0.1) is 0 Å². The maximum atomic E-state index is 12.4. The van der Waals surface area contributed by atoms with Crippen molar-refractivity contribution in [2.75, 3.05) is 6.54 Å². The molecule has 0 aliphatic heterocycles. The first-order chi connectivity index (χ1) is 14.3. The van der Waals surface area contributed by atoms with E-state index in [-0.39, 0.29) is 6.42 Å². The van der Waals surface area contributed by atoms with Crippen LogP contribution in [0.15, 0.2) is 0 Å². The first-order valence-electron chi connectivity index (χ1n) is 8.84. The topological polar surface area (TPSA) is 263 Å². The fourth-order valence-electron chi connectivity index (χ4n) is 2.17. The van der Waals surface area contributed by atoms with E-state index in [0.717, 1.165) is 0 Å². The highest BCUT2D eigenvalue weighted by atomic mass is 16.4. The number of hydrogen-bond acceptors (Lipinski definition) is 8. The molecule has 3 unspecified atom stereocenters. The molecule has 3 atom stereocenters. The highest BCUT2D eigenvalue weighted by Gasteiger charge is 2.30. The van der Waals surface area contributed by atoms with Crippen LogP contribution >= 0.6 is 0 Å². The Hall–Kier alpha value is -3.75. The van der Waals surface area contributed by atoms with Crippen molar-refractivity contribution in [1.29, 1.82) is 0 Å². The van der Waals surface area contributed by atoms with Gasteiger partial charge in [0.25, 0.3) is 0 Å². The van der Waals surface area contributed by atoms with Gasteiger partial charge in [0.2, 0.25) is 17.7 Å². The zero-order valence-corrected chi connectivity index (χ0v) is 16.2. The summed E-state index contributed by atoms with van der Waals surface area (Å²) in [6.45, 7) is -0.813. The van der Waals surface area contributed by atoms with E-state index in [1.54, 1.807) is 0 Å². The van der Waals surface area contributed by atoms with Gasteiger partial charge in [-0.2, -0.15) is 0 Å². The zero-order chi connectivity index (χ0) is 24.1. The second-order valence-corrected chi connectivity index (χ2v) is 6.30. The van der Waals surface area contributed by atoms with Crippen molar-refractivity contribution in [2.24, 2.45) is 5.73 Å². The maximum absolute atomic E-state index is 12.4. The first kappa shape index (κ1) is 27.2. The van der Waals surface area contributed by atoms with Gasteiger partial charge in [-0.05, 0) is 12.8 Å². The second-order valence-electron chi connectivity index (χ2n) is 6.30. The van der Waals surface area contributed by atoms with Crippen LogP contribution in [0.4, 0.5) is 0 Å². The van der Waals surface area contributed by atoms with Gasteiger partial charge in [-0.3, -0.25) is 33.6 Å². The van der Waals surface area contributed by atoms with E-state index in [4.69, 9.17) is 26.2 Å². The molecular weight excluding hydrogens is 424 g/mol. The van der Waals surface area contributed by atoms with Crippen molar-refractivity contribution in [2.45, 2.75) is 50.2 Å². The number of carbonyl (C=O) groups is 7. The molecule has 0 saturated heterocycles. The van der Waals surface area contributed by atoms with Gasteiger partial charge >= 0.3 is 23.9 Å². The first-order valence-corrected chi connectivity index (χ1v) is 8.84. The summed E-state index contributed by atoms with van der Waals surface area (Å²) in [6, 6.07) is -4.61. The van der Waals surface area contributed by atoms with E-state index in [1.165, 1.54) is 0 Å². The van der Waals surface area contributed by atoms with Crippen LogP contribution in [-0.4, -0.2) is 86.7 Å². The largest absolute Gasteiger partial charge is 0.481 e. The fourth-order valence-corrected chi connectivity index (χ4v) is 2.17.